The fourth-order valence-electron chi connectivity index (χ4n) is 1.84. The molecular weight excluding hydrogens is 288 g/mol. The number of benzene rings is 1. The molecule has 1 aliphatic rings. The lowest BCUT2D eigenvalue weighted by Crippen LogP contribution is -2.15. The van der Waals surface area contributed by atoms with Gasteiger partial charge in [-0.15, -0.1) is 23.1 Å². The molecule has 0 unspecified atom stereocenters. The number of hydrogen-bond acceptors (Lipinski definition) is 5. The van der Waals surface area contributed by atoms with Crippen molar-refractivity contribution in [3.63, 3.8) is 0 Å². The molecule has 0 atom stereocenters. The Hall–Kier alpha value is -1.04. The van der Waals surface area contributed by atoms with Gasteiger partial charge in [0.2, 0.25) is 0 Å². The highest BCUT2D eigenvalue weighted by atomic mass is 32.2. The van der Waals surface area contributed by atoms with Crippen molar-refractivity contribution in [1.29, 1.82) is 0 Å². The minimum absolute atomic E-state index is 0.540. The van der Waals surface area contributed by atoms with Crippen molar-refractivity contribution in [1.82, 2.24) is 10.3 Å². The third kappa shape index (κ3) is 3.98. The zero-order chi connectivity index (χ0) is 13.8. The smallest absolute Gasteiger partial charge is 0.131 e. The minimum Gasteiger partial charge on any atom is -0.487 e. The Bertz CT molecular complexity index is 549. The molecule has 1 saturated carbocycles. The largest absolute Gasteiger partial charge is 0.487 e. The lowest BCUT2D eigenvalue weighted by Gasteiger charge is -2.04. The van der Waals surface area contributed by atoms with Crippen LogP contribution in [0, 0.1) is 0 Å². The Labute approximate surface area is 127 Å². The maximum Gasteiger partial charge on any atom is 0.131 e. The normalized spacial score (nSPS) is 14.4. The van der Waals surface area contributed by atoms with Gasteiger partial charge in [-0.05, 0) is 43.4 Å². The van der Waals surface area contributed by atoms with E-state index in [1.165, 1.54) is 17.7 Å². The Morgan fingerprint density at radius 3 is 2.85 bits per heavy atom. The van der Waals surface area contributed by atoms with Gasteiger partial charge in [0.1, 0.15) is 17.4 Å². The number of ether oxygens (including phenoxy) is 1. The van der Waals surface area contributed by atoms with Crippen LogP contribution in [0.3, 0.4) is 0 Å². The van der Waals surface area contributed by atoms with Gasteiger partial charge in [0.15, 0.2) is 0 Å². The van der Waals surface area contributed by atoms with E-state index in [2.05, 4.69) is 34.1 Å². The topological polar surface area (TPSA) is 34.1 Å². The van der Waals surface area contributed by atoms with E-state index in [9.17, 15) is 0 Å². The molecule has 3 nitrogen and oxygen atoms in total. The Morgan fingerprint density at radius 1 is 1.35 bits per heavy atom. The predicted molar refractivity (Wildman–Crippen MR) is 84.5 cm³/mol. The second-order valence-electron chi connectivity index (χ2n) is 4.85. The quantitative estimate of drug-likeness (QED) is 0.791. The molecule has 106 valence electrons. The number of nitrogens with zero attached hydrogens (tertiary/aromatic N) is 1. The lowest BCUT2D eigenvalue weighted by molar-refractivity contribution is 0.301. The molecule has 1 aromatic heterocycles. The van der Waals surface area contributed by atoms with Gasteiger partial charge in [-0.2, -0.15) is 0 Å². The third-order valence-corrected chi connectivity index (χ3v) is 4.81. The van der Waals surface area contributed by atoms with Crippen molar-refractivity contribution in [2.45, 2.75) is 36.9 Å². The summed E-state index contributed by atoms with van der Waals surface area (Å²) < 4.78 is 5.76. The van der Waals surface area contributed by atoms with Crippen molar-refractivity contribution in [2.75, 3.05) is 6.26 Å². The molecule has 0 saturated heterocycles. The van der Waals surface area contributed by atoms with Crippen LogP contribution in [0.15, 0.2) is 34.5 Å². The number of aromatic nitrogens is 1. The van der Waals surface area contributed by atoms with E-state index in [-0.39, 0.29) is 0 Å². The Morgan fingerprint density at radius 2 is 2.15 bits per heavy atom. The Kier molecular flexibility index (Phi) is 4.60. The van der Waals surface area contributed by atoms with Crippen LogP contribution < -0.4 is 10.1 Å². The van der Waals surface area contributed by atoms with Gasteiger partial charge >= 0.3 is 0 Å². The maximum absolute atomic E-state index is 5.76. The summed E-state index contributed by atoms with van der Waals surface area (Å²) in [6, 6.07) is 8.90. The SMILES string of the molecule is CSc1ccc(OCc2csc(CNC3CC3)n2)cc1. The van der Waals surface area contributed by atoms with Crippen LogP contribution in [0.25, 0.3) is 0 Å². The maximum atomic E-state index is 5.76. The third-order valence-electron chi connectivity index (χ3n) is 3.16. The molecule has 0 radical (unpaired) electrons. The molecule has 20 heavy (non-hydrogen) atoms. The van der Waals surface area contributed by atoms with E-state index >= 15 is 0 Å². The highest BCUT2D eigenvalue weighted by Gasteiger charge is 2.20. The number of thioether (sulfide) groups is 1. The first-order valence-electron chi connectivity index (χ1n) is 6.77. The zero-order valence-electron chi connectivity index (χ0n) is 11.5. The molecule has 1 heterocycles. The van der Waals surface area contributed by atoms with E-state index in [0.717, 1.165) is 29.0 Å². The summed E-state index contributed by atoms with van der Waals surface area (Å²) in [5, 5.41) is 6.71. The molecule has 1 fully saturated rings. The molecule has 1 aliphatic carbocycles. The van der Waals surface area contributed by atoms with Crippen LogP contribution in [0.2, 0.25) is 0 Å². The first-order chi connectivity index (χ1) is 9.83. The first kappa shape index (κ1) is 13.9. The molecule has 0 spiro atoms. The summed E-state index contributed by atoms with van der Waals surface area (Å²) in [6.07, 6.45) is 4.70. The van der Waals surface area contributed by atoms with E-state index < -0.39 is 0 Å². The van der Waals surface area contributed by atoms with Gasteiger partial charge in [-0.3, -0.25) is 0 Å². The fraction of sp³-hybridized carbons (Fsp3) is 0.400. The van der Waals surface area contributed by atoms with Crippen LogP contribution >= 0.6 is 23.1 Å². The van der Waals surface area contributed by atoms with E-state index in [0.29, 0.717) is 6.61 Å². The molecule has 1 aromatic carbocycles. The lowest BCUT2D eigenvalue weighted by atomic mass is 10.3. The van der Waals surface area contributed by atoms with Crippen LogP contribution in [0.5, 0.6) is 5.75 Å². The minimum atomic E-state index is 0.540. The van der Waals surface area contributed by atoms with Crippen LogP contribution in [0.1, 0.15) is 23.5 Å². The first-order valence-corrected chi connectivity index (χ1v) is 8.87. The van der Waals surface area contributed by atoms with Crippen LogP contribution in [-0.2, 0) is 13.2 Å². The second-order valence-corrected chi connectivity index (χ2v) is 6.67. The molecule has 3 rings (SSSR count). The monoisotopic (exact) mass is 306 g/mol. The number of hydrogen-bond donors (Lipinski definition) is 1. The van der Waals surface area contributed by atoms with Crippen LogP contribution in [0.4, 0.5) is 0 Å². The molecule has 1 N–H and O–H groups in total. The summed E-state index contributed by atoms with van der Waals surface area (Å²) in [5.41, 5.74) is 1.01. The van der Waals surface area contributed by atoms with Gasteiger partial charge in [0, 0.05) is 22.9 Å². The van der Waals surface area contributed by atoms with E-state index in [4.69, 9.17) is 4.74 Å². The summed E-state index contributed by atoms with van der Waals surface area (Å²) >= 11 is 3.44. The highest BCUT2D eigenvalue weighted by molar-refractivity contribution is 7.98. The van der Waals surface area contributed by atoms with Crippen molar-refractivity contribution in [3.05, 3.63) is 40.3 Å². The summed E-state index contributed by atoms with van der Waals surface area (Å²) in [6.45, 7) is 1.43. The zero-order valence-corrected chi connectivity index (χ0v) is 13.1. The number of nitrogens with one attached hydrogen (secondary N) is 1. The Balaban J connectivity index is 1.49. The molecule has 0 amide bonds. The fourth-order valence-corrected chi connectivity index (χ4v) is 2.98. The van der Waals surface area contributed by atoms with Crippen molar-refractivity contribution < 1.29 is 4.74 Å². The molecule has 0 bridgehead atoms. The predicted octanol–water partition coefficient (Wildman–Crippen LogP) is 3.70. The van der Waals surface area contributed by atoms with E-state index in [1.807, 2.05) is 12.1 Å². The average molecular weight is 306 g/mol. The molecular formula is C15H18N2OS2. The van der Waals surface area contributed by atoms with Crippen molar-refractivity contribution >= 4 is 23.1 Å². The van der Waals surface area contributed by atoms with Gasteiger partial charge in [0.25, 0.3) is 0 Å². The van der Waals surface area contributed by atoms with Gasteiger partial charge in [-0.1, -0.05) is 0 Å². The molecule has 2 aromatic rings. The van der Waals surface area contributed by atoms with Gasteiger partial charge in [0.05, 0.1) is 5.69 Å². The summed E-state index contributed by atoms with van der Waals surface area (Å²) in [4.78, 5) is 5.84. The van der Waals surface area contributed by atoms with Crippen molar-refractivity contribution in [3.8, 4) is 5.75 Å². The number of rotatable bonds is 7. The summed E-state index contributed by atoms with van der Waals surface area (Å²) in [7, 11) is 0. The standard InChI is InChI=1S/C15H18N2OS2/c1-19-14-6-4-13(5-7-14)18-9-12-10-20-15(17-12)8-16-11-2-3-11/h4-7,10-11,16H,2-3,8-9H2,1H3. The molecule has 0 aliphatic heterocycles. The van der Waals surface area contributed by atoms with Crippen molar-refractivity contribution in [2.24, 2.45) is 0 Å². The van der Waals surface area contributed by atoms with E-state index in [1.54, 1.807) is 23.1 Å². The van der Waals surface area contributed by atoms with Gasteiger partial charge in [-0.25, -0.2) is 4.98 Å². The average Bonchev–Trinajstić information content (AvgIpc) is 3.22. The highest BCUT2D eigenvalue weighted by Crippen LogP contribution is 2.21. The van der Waals surface area contributed by atoms with Gasteiger partial charge < -0.3 is 10.1 Å². The number of thiazole rings is 1. The summed E-state index contributed by atoms with van der Waals surface area (Å²) in [5.74, 6) is 0.897. The molecule has 5 heteroatoms. The van der Waals surface area contributed by atoms with Crippen LogP contribution in [-0.4, -0.2) is 17.3 Å². The second kappa shape index (κ2) is 6.61.